The van der Waals surface area contributed by atoms with Crippen molar-refractivity contribution in [2.45, 2.75) is 13.0 Å². The van der Waals surface area contributed by atoms with Crippen LogP contribution in [-0.4, -0.2) is 22.2 Å². The van der Waals surface area contributed by atoms with Crippen LogP contribution in [0.25, 0.3) is 0 Å². The van der Waals surface area contributed by atoms with Gasteiger partial charge in [-0.2, -0.15) is 0 Å². The fourth-order valence-corrected chi connectivity index (χ4v) is 1.63. The van der Waals surface area contributed by atoms with Crippen molar-refractivity contribution in [1.29, 1.82) is 0 Å². The zero-order chi connectivity index (χ0) is 12.3. The molecule has 0 aliphatic heterocycles. The van der Waals surface area contributed by atoms with Gasteiger partial charge in [0.15, 0.2) is 0 Å². The van der Waals surface area contributed by atoms with Crippen LogP contribution in [0.4, 0.5) is 0 Å². The van der Waals surface area contributed by atoms with Gasteiger partial charge in [-0.3, -0.25) is 9.97 Å². The number of aliphatic hydroxyl groups is 1. The lowest BCUT2D eigenvalue weighted by Crippen LogP contribution is -2.03. The van der Waals surface area contributed by atoms with Crippen molar-refractivity contribution in [1.82, 2.24) is 9.97 Å². The summed E-state index contributed by atoms with van der Waals surface area (Å²) in [4.78, 5) is 8.02. The van der Waals surface area contributed by atoms with Crippen LogP contribution in [0.15, 0.2) is 36.8 Å². The minimum atomic E-state index is -0.779. The molecule has 0 bridgehead atoms. The lowest BCUT2D eigenvalue weighted by atomic mass is 10.0. The summed E-state index contributed by atoms with van der Waals surface area (Å²) in [6.07, 6.45) is 3.91. The summed E-state index contributed by atoms with van der Waals surface area (Å²) in [6.45, 7) is 1.96. The Morgan fingerprint density at radius 3 is 2.76 bits per heavy atom. The molecule has 0 radical (unpaired) electrons. The number of methoxy groups -OCH3 is 1. The molecule has 0 saturated heterocycles. The zero-order valence-electron chi connectivity index (χ0n) is 9.79. The predicted molar refractivity (Wildman–Crippen MR) is 63.8 cm³/mol. The lowest BCUT2D eigenvalue weighted by Gasteiger charge is -2.12. The molecule has 2 rings (SSSR count). The van der Waals surface area contributed by atoms with Crippen LogP contribution in [0, 0.1) is 6.92 Å². The Hall–Kier alpha value is -1.94. The van der Waals surface area contributed by atoms with Gasteiger partial charge in [-0.15, -0.1) is 0 Å². The van der Waals surface area contributed by atoms with Gasteiger partial charge in [0.05, 0.1) is 19.0 Å². The molecular formula is C13H14N2O2. The van der Waals surface area contributed by atoms with Gasteiger partial charge in [0, 0.05) is 12.4 Å². The molecule has 1 aromatic carbocycles. The Bertz CT molecular complexity index is 500. The smallest absolute Gasteiger partial charge is 0.123 e. The molecule has 0 aliphatic rings. The molecule has 4 heteroatoms. The van der Waals surface area contributed by atoms with E-state index in [-0.39, 0.29) is 0 Å². The van der Waals surface area contributed by atoms with E-state index in [2.05, 4.69) is 9.97 Å². The van der Waals surface area contributed by atoms with Gasteiger partial charge in [0.25, 0.3) is 0 Å². The number of aliphatic hydroxyl groups excluding tert-OH is 1. The third-order valence-corrected chi connectivity index (χ3v) is 2.61. The molecule has 0 spiro atoms. The van der Waals surface area contributed by atoms with Crippen LogP contribution in [0.5, 0.6) is 5.75 Å². The Labute approximate surface area is 99.9 Å². The molecule has 0 aliphatic carbocycles. The Morgan fingerprint density at radius 2 is 2.12 bits per heavy atom. The largest absolute Gasteiger partial charge is 0.496 e. The molecule has 1 aromatic heterocycles. The fourth-order valence-electron chi connectivity index (χ4n) is 1.63. The number of nitrogens with zero attached hydrogens (tertiary/aromatic N) is 2. The number of aromatic nitrogens is 2. The quantitative estimate of drug-likeness (QED) is 0.874. The van der Waals surface area contributed by atoms with E-state index in [0.717, 1.165) is 16.9 Å². The van der Waals surface area contributed by atoms with E-state index >= 15 is 0 Å². The topological polar surface area (TPSA) is 55.2 Å². The summed E-state index contributed by atoms with van der Waals surface area (Å²) >= 11 is 0. The van der Waals surface area contributed by atoms with Gasteiger partial charge >= 0.3 is 0 Å². The van der Waals surface area contributed by atoms with Crippen molar-refractivity contribution in [3.05, 3.63) is 53.6 Å². The number of ether oxygens (including phenoxy) is 1. The molecule has 17 heavy (non-hydrogen) atoms. The van der Waals surface area contributed by atoms with Gasteiger partial charge in [0.1, 0.15) is 11.9 Å². The second kappa shape index (κ2) is 4.93. The normalized spacial score (nSPS) is 12.2. The van der Waals surface area contributed by atoms with Gasteiger partial charge in [-0.1, -0.05) is 12.1 Å². The van der Waals surface area contributed by atoms with E-state index in [1.54, 1.807) is 25.7 Å². The zero-order valence-corrected chi connectivity index (χ0v) is 9.79. The Morgan fingerprint density at radius 1 is 1.29 bits per heavy atom. The van der Waals surface area contributed by atoms with Crippen LogP contribution in [0.2, 0.25) is 0 Å². The molecule has 88 valence electrons. The second-order valence-corrected chi connectivity index (χ2v) is 3.76. The van der Waals surface area contributed by atoms with Crippen molar-refractivity contribution in [3.63, 3.8) is 0 Å². The van der Waals surface area contributed by atoms with E-state index in [9.17, 15) is 5.11 Å². The summed E-state index contributed by atoms with van der Waals surface area (Å²) in [5.41, 5.74) is 2.30. The van der Waals surface area contributed by atoms with Crippen molar-refractivity contribution in [2.75, 3.05) is 7.11 Å². The number of rotatable bonds is 3. The highest BCUT2D eigenvalue weighted by molar-refractivity contribution is 5.39. The summed E-state index contributed by atoms with van der Waals surface area (Å²) < 4.78 is 5.22. The minimum Gasteiger partial charge on any atom is -0.496 e. The second-order valence-electron chi connectivity index (χ2n) is 3.76. The maximum absolute atomic E-state index is 10.1. The standard InChI is InChI=1S/C13H14N2O2/c1-9-3-4-10(7-12(9)17-2)13(16)11-8-14-5-6-15-11/h3-8,13,16H,1-2H3. The predicted octanol–water partition coefficient (Wildman–Crippen LogP) is 1.88. The summed E-state index contributed by atoms with van der Waals surface area (Å²) in [5.74, 6) is 0.755. The van der Waals surface area contributed by atoms with Crippen LogP contribution >= 0.6 is 0 Å². The first-order chi connectivity index (χ1) is 8.22. The first-order valence-corrected chi connectivity index (χ1v) is 5.31. The van der Waals surface area contributed by atoms with Gasteiger partial charge < -0.3 is 9.84 Å². The van der Waals surface area contributed by atoms with E-state index in [1.807, 2.05) is 25.1 Å². The van der Waals surface area contributed by atoms with Crippen LogP contribution in [0.3, 0.4) is 0 Å². The van der Waals surface area contributed by atoms with E-state index in [4.69, 9.17) is 4.74 Å². The third kappa shape index (κ3) is 2.42. The monoisotopic (exact) mass is 230 g/mol. The molecule has 1 N–H and O–H groups in total. The summed E-state index contributed by atoms with van der Waals surface area (Å²) in [6, 6.07) is 5.58. The summed E-state index contributed by atoms with van der Waals surface area (Å²) in [5, 5.41) is 10.1. The first kappa shape index (κ1) is 11.5. The highest BCUT2D eigenvalue weighted by Gasteiger charge is 2.13. The Kier molecular flexibility index (Phi) is 3.35. The maximum Gasteiger partial charge on any atom is 0.123 e. The minimum absolute atomic E-state index is 0.526. The van der Waals surface area contributed by atoms with Gasteiger partial charge in [-0.05, 0) is 24.1 Å². The first-order valence-electron chi connectivity index (χ1n) is 5.31. The van der Waals surface area contributed by atoms with Crippen molar-refractivity contribution in [2.24, 2.45) is 0 Å². The number of benzene rings is 1. The molecule has 0 saturated carbocycles. The van der Waals surface area contributed by atoms with Crippen LogP contribution in [0.1, 0.15) is 22.9 Å². The maximum atomic E-state index is 10.1. The average molecular weight is 230 g/mol. The molecule has 1 heterocycles. The third-order valence-electron chi connectivity index (χ3n) is 2.61. The van der Waals surface area contributed by atoms with E-state index < -0.39 is 6.10 Å². The summed E-state index contributed by atoms with van der Waals surface area (Å²) in [7, 11) is 1.61. The van der Waals surface area contributed by atoms with Crippen molar-refractivity contribution < 1.29 is 9.84 Å². The van der Waals surface area contributed by atoms with Gasteiger partial charge in [-0.25, -0.2) is 0 Å². The molecule has 2 aromatic rings. The molecular weight excluding hydrogens is 216 g/mol. The Balaban J connectivity index is 2.34. The molecule has 0 amide bonds. The van der Waals surface area contributed by atoms with Crippen LogP contribution in [-0.2, 0) is 0 Å². The molecule has 1 atom stereocenters. The van der Waals surface area contributed by atoms with E-state index in [0.29, 0.717) is 5.69 Å². The highest BCUT2D eigenvalue weighted by atomic mass is 16.5. The van der Waals surface area contributed by atoms with Crippen molar-refractivity contribution >= 4 is 0 Å². The molecule has 0 fully saturated rings. The number of hydrogen-bond donors (Lipinski definition) is 1. The molecule has 4 nitrogen and oxygen atoms in total. The fraction of sp³-hybridized carbons (Fsp3) is 0.231. The average Bonchev–Trinajstić information content (AvgIpc) is 2.39. The van der Waals surface area contributed by atoms with E-state index in [1.165, 1.54) is 0 Å². The number of hydrogen-bond acceptors (Lipinski definition) is 4. The van der Waals surface area contributed by atoms with Crippen LogP contribution < -0.4 is 4.74 Å². The molecule has 1 unspecified atom stereocenters. The lowest BCUT2D eigenvalue weighted by molar-refractivity contribution is 0.214. The van der Waals surface area contributed by atoms with Gasteiger partial charge in [0.2, 0.25) is 0 Å². The highest BCUT2D eigenvalue weighted by Crippen LogP contribution is 2.25. The SMILES string of the molecule is COc1cc(C(O)c2cnccn2)ccc1C. The number of aryl methyl sites for hydroxylation is 1. The van der Waals surface area contributed by atoms with Crippen molar-refractivity contribution in [3.8, 4) is 5.75 Å².